The molecule has 0 aliphatic rings. The van der Waals surface area contributed by atoms with Gasteiger partial charge in [0.05, 0.1) is 11.7 Å². The summed E-state index contributed by atoms with van der Waals surface area (Å²) >= 11 is 0. The molecule has 1 amide bonds. The summed E-state index contributed by atoms with van der Waals surface area (Å²) in [5.74, 6) is -0.290. The number of anilines is 1. The van der Waals surface area contributed by atoms with Gasteiger partial charge in [0.25, 0.3) is 5.91 Å². The summed E-state index contributed by atoms with van der Waals surface area (Å²) in [5, 5.41) is 2.86. The first-order valence-electron chi connectivity index (χ1n) is 9.87. The van der Waals surface area contributed by atoms with Gasteiger partial charge in [-0.15, -0.1) is 0 Å². The van der Waals surface area contributed by atoms with Crippen molar-refractivity contribution in [1.29, 1.82) is 0 Å². The van der Waals surface area contributed by atoms with Gasteiger partial charge in [-0.2, -0.15) is 0 Å². The van der Waals surface area contributed by atoms with E-state index in [2.05, 4.69) is 5.32 Å². The fraction of sp³-hybridized carbons (Fsp3) is 0.200. The van der Waals surface area contributed by atoms with E-state index in [1.807, 2.05) is 68.4 Å². The number of amides is 1. The Kier molecular flexibility index (Phi) is 6.86. The van der Waals surface area contributed by atoms with E-state index in [0.717, 1.165) is 11.1 Å². The van der Waals surface area contributed by atoms with Gasteiger partial charge in [0.2, 0.25) is 0 Å². The topological polar surface area (TPSA) is 64.6 Å². The van der Waals surface area contributed by atoms with Gasteiger partial charge in [-0.05, 0) is 56.7 Å². The zero-order chi connectivity index (χ0) is 21.5. The van der Waals surface area contributed by atoms with Crippen LogP contribution in [0.1, 0.15) is 31.1 Å². The average molecular weight is 403 g/mol. The van der Waals surface area contributed by atoms with Crippen molar-refractivity contribution in [3.8, 4) is 16.9 Å². The van der Waals surface area contributed by atoms with Gasteiger partial charge in [-0.3, -0.25) is 4.79 Å². The van der Waals surface area contributed by atoms with Crippen molar-refractivity contribution in [2.75, 3.05) is 5.32 Å². The third kappa shape index (κ3) is 5.47. The van der Waals surface area contributed by atoms with Crippen LogP contribution in [-0.2, 0) is 9.53 Å². The van der Waals surface area contributed by atoms with E-state index in [1.165, 1.54) is 0 Å². The van der Waals surface area contributed by atoms with Crippen molar-refractivity contribution in [2.45, 2.75) is 33.0 Å². The van der Waals surface area contributed by atoms with Crippen LogP contribution in [0.2, 0.25) is 0 Å². The predicted molar refractivity (Wildman–Crippen MR) is 118 cm³/mol. The molecule has 0 bridgehead atoms. The molecule has 0 radical (unpaired) electrons. The molecular weight excluding hydrogens is 378 g/mol. The molecule has 0 aliphatic carbocycles. The maximum atomic E-state index is 12.6. The maximum absolute atomic E-state index is 12.6. The fourth-order valence-electron chi connectivity index (χ4n) is 2.92. The first kappa shape index (κ1) is 21.1. The predicted octanol–water partition coefficient (Wildman–Crippen LogP) is 5.32. The van der Waals surface area contributed by atoms with E-state index in [1.54, 1.807) is 31.2 Å². The normalized spacial score (nSPS) is 11.6. The third-order valence-corrected chi connectivity index (χ3v) is 4.38. The van der Waals surface area contributed by atoms with Crippen LogP contribution in [0.25, 0.3) is 11.1 Å². The lowest BCUT2D eigenvalue weighted by Gasteiger charge is -2.16. The molecule has 1 atom stereocenters. The van der Waals surface area contributed by atoms with Gasteiger partial charge in [0.1, 0.15) is 5.75 Å². The molecule has 0 saturated carbocycles. The minimum atomic E-state index is -0.951. The Bertz CT molecular complexity index is 997. The molecule has 0 fully saturated rings. The smallest absolute Gasteiger partial charge is 0.338 e. The zero-order valence-electron chi connectivity index (χ0n) is 17.3. The number of hydrogen-bond acceptors (Lipinski definition) is 4. The lowest BCUT2D eigenvalue weighted by Crippen LogP contribution is -2.30. The van der Waals surface area contributed by atoms with E-state index >= 15 is 0 Å². The van der Waals surface area contributed by atoms with Crippen molar-refractivity contribution < 1.29 is 19.1 Å². The van der Waals surface area contributed by atoms with Gasteiger partial charge >= 0.3 is 5.97 Å². The Labute approximate surface area is 176 Å². The van der Waals surface area contributed by atoms with Crippen LogP contribution in [0.15, 0.2) is 78.9 Å². The lowest BCUT2D eigenvalue weighted by atomic mass is 10.0. The second-order valence-electron chi connectivity index (χ2n) is 7.14. The van der Waals surface area contributed by atoms with Crippen LogP contribution in [-0.4, -0.2) is 24.1 Å². The fourth-order valence-corrected chi connectivity index (χ4v) is 2.92. The quantitative estimate of drug-likeness (QED) is 0.542. The molecule has 3 rings (SSSR count). The minimum Gasteiger partial charge on any atom is -0.491 e. The van der Waals surface area contributed by atoms with Crippen molar-refractivity contribution in [3.63, 3.8) is 0 Å². The summed E-state index contributed by atoms with van der Waals surface area (Å²) in [6, 6.07) is 23.9. The Balaban J connectivity index is 1.65. The van der Waals surface area contributed by atoms with Crippen LogP contribution >= 0.6 is 0 Å². The molecular formula is C25H25NO4. The Hall–Kier alpha value is -3.60. The summed E-state index contributed by atoms with van der Waals surface area (Å²) in [7, 11) is 0. The summed E-state index contributed by atoms with van der Waals surface area (Å²) in [6.45, 7) is 5.41. The second kappa shape index (κ2) is 9.74. The van der Waals surface area contributed by atoms with E-state index in [0.29, 0.717) is 17.0 Å². The van der Waals surface area contributed by atoms with Crippen LogP contribution in [0.3, 0.4) is 0 Å². The number of carbonyl (C=O) groups is 2. The molecule has 0 aromatic heterocycles. The standard InChI is InChI=1S/C25H25NO4/c1-17(2)29-21-15-13-20(14-16-21)25(28)30-18(3)24(27)26-23-12-8-7-11-22(23)19-9-5-4-6-10-19/h4-18H,1-3H3,(H,26,27)/t18-/m0/s1. The minimum absolute atomic E-state index is 0.0466. The molecule has 3 aromatic carbocycles. The molecule has 0 unspecified atom stereocenters. The van der Waals surface area contributed by atoms with Gasteiger partial charge in [-0.1, -0.05) is 48.5 Å². The summed E-state index contributed by atoms with van der Waals surface area (Å²) in [4.78, 5) is 25.0. The van der Waals surface area contributed by atoms with Gasteiger partial charge < -0.3 is 14.8 Å². The average Bonchev–Trinajstić information content (AvgIpc) is 2.74. The molecule has 0 spiro atoms. The molecule has 0 aliphatic heterocycles. The molecule has 1 N–H and O–H groups in total. The Morgan fingerprint density at radius 3 is 2.10 bits per heavy atom. The Morgan fingerprint density at radius 2 is 1.43 bits per heavy atom. The van der Waals surface area contributed by atoms with Crippen LogP contribution in [0.4, 0.5) is 5.69 Å². The van der Waals surface area contributed by atoms with Crippen molar-refractivity contribution >= 4 is 17.6 Å². The zero-order valence-corrected chi connectivity index (χ0v) is 17.3. The molecule has 5 heteroatoms. The van der Waals surface area contributed by atoms with E-state index in [9.17, 15) is 9.59 Å². The number of hydrogen-bond donors (Lipinski definition) is 1. The molecule has 0 saturated heterocycles. The van der Waals surface area contributed by atoms with E-state index in [4.69, 9.17) is 9.47 Å². The van der Waals surface area contributed by atoms with Crippen molar-refractivity contribution in [2.24, 2.45) is 0 Å². The molecule has 0 heterocycles. The van der Waals surface area contributed by atoms with Gasteiger partial charge in [0.15, 0.2) is 6.10 Å². The van der Waals surface area contributed by atoms with Crippen LogP contribution < -0.4 is 10.1 Å². The summed E-state index contributed by atoms with van der Waals surface area (Å²) < 4.78 is 10.9. The highest BCUT2D eigenvalue weighted by Gasteiger charge is 2.20. The highest BCUT2D eigenvalue weighted by Crippen LogP contribution is 2.27. The molecule has 5 nitrogen and oxygen atoms in total. The number of rotatable bonds is 7. The number of esters is 1. The monoisotopic (exact) mass is 403 g/mol. The van der Waals surface area contributed by atoms with Crippen molar-refractivity contribution in [3.05, 3.63) is 84.4 Å². The van der Waals surface area contributed by atoms with E-state index in [-0.39, 0.29) is 6.10 Å². The number of carbonyl (C=O) groups excluding carboxylic acids is 2. The second-order valence-corrected chi connectivity index (χ2v) is 7.14. The van der Waals surface area contributed by atoms with Gasteiger partial charge in [0, 0.05) is 11.3 Å². The Morgan fingerprint density at radius 1 is 0.800 bits per heavy atom. The highest BCUT2D eigenvalue weighted by molar-refractivity contribution is 5.99. The summed E-state index contributed by atoms with van der Waals surface area (Å²) in [5.41, 5.74) is 2.90. The van der Waals surface area contributed by atoms with Crippen LogP contribution in [0.5, 0.6) is 5.75 Å². The van der Waals surface area contributed by atoms with Crippen LogP contribution in [0, 0.1) is 0 Å². The number of benzene rings is 3. The molecule has 154 valence electrons. The summed E-state index contributed by atoms with van der Waals surface area (Å²) in [6.07, 6.45) is -0.904. The number of nitrogens with one attached hydrogen (secondary N) is 1. The highest BCUT2D eigenvalue weighted by atomic mass is 16.5. The SMILES string of the molecule is CC(C)Oc1ccc(C(=O)O[C@@H](C)C(=O)Nc2ccccc2-c2ccccc2)cc1. The number of para-hydroxylation sites is 1. The number of ether oxygens (including phenoxy) is 2. The first-order chi connectivity index (χ1) is 14.4. The van der Waals surface area contributed by atoms with Gasteiger partial charge in [-0.25, -0.2) is 4.79 Å². The molecule has 30 heavy (non-hydrogen) atoms. The lowest BCUT2D eigenvalue weighted by molar-refractivity contribution is -0.123. The maximum Gasteiger partial charge on any atom is 0.338 e. The largest absolute Gasteiger partial charge is 0.491 e. The molecule has 3 aromatic rings. The van der Waals surface area contributed by atoms with E-state index < -0.39 is 18.0 Å². The first-order valence-corrected chi connectivity index (χ1v) is 9.87. The van der Waals surface area contributed by atoms with Crippen molar-refractivity contribution in [1.82, 2.24) is 0 Å². The third-order valence-electron chi connectivity index (χ3n) is 4.38.